The Kier molecular flexibility index (Phi) is 3.11. The molecule has 3 nitrogen and oxygen atoms in total. The van der Waals surface area contributed by atoms with E-state index in [-0.39, 0.29) is 6.04 Å². The van der Waals surface area contributed by atoms with Gasteiger partial charge in [-0.25, -0.2) is 0 Å². The monoisotopic (exact) mass is 214 g/mol. The van der Waals surface area contributed by atoms with E-state index in [1.54, 1.807) is 0 Å². The molecule has 1 N–H and O–H groups in total. The van der Waals surface area contributed by atoms with Crippen LogP contribution < -0.4 is 5.32 Å². The Morgan fingerprint density at radius 2 is 2.31 bits per heavy atom. The van der Waals surface area contributed by atoms with Crippen molar-refractivity contribution in [1.29, 1.82) is 0 Å². The molecule has 2 rings (SSSR count). The molecule has 0 spiro atoms. The number of hydrogen-bond donors (Lipinski definition) is 1. The molecule has 0 aliphatic carbocycles. The van der Waals surface area contributed by atoms with Crippen LogP contribution in [0.2, 0.25) is 0 Å². The van der Waals surface area contributed by atoms with E-state index < -0.39 is 0 Å². The van der Waals surface area contributed by atoms with Crippen LogP contribution in [-0.2, 0) is 0 Å². The predicted molar refractivity (Wildman–Crippen MR) is 65.2 cm³/mol. The van der Waals surface area contributed by atoms with Gasteiger partial charge in [0.25, 0.3) is 6.01 Å². The van der Waals surface area contributed by atoms with Crippen molar-refractivity contribution in [1.82, 2.24) is 4.98 Å². The van der Waals surface area contributed by atoms with Crippen LogP contribution in [0, 0.1) is 12.3 Å². The Morgan fingerprint density at radius 3 is 3.00 bits per heavy atom. The van der Waals surface area contributed by atoms with E-state index in [1.807, 2.05) is 24.3 Å². The Balaban J connectivity index is 2.18. The van der Waals surface area contributed by atoms with Gasteiger partial charge in [0.15, 0.2) is 5.58 Å². The van der Waals surface area contributed by atoms with E-state index in [1.165, 1.54) is 0 Å². The maximum atomic E-state index is 5.53. The first-order valence-corrected chi connectivity index (χ1v) is 5.41. The topological polar surface area (TPSA) is 38.1 Å². The van der Waals surface area contributed by atoms with Gasteiger partial charge in [-0.1, -0.05) is 31.4 Å². The second kappa shape index (κ2) is 4.71. The van der Waals surface area contributed by atoms with E-state index in [4.69, 9.17) is 10.8 Å². The van der Waals surface area contributed by atoms with Crippen molar-refractivity contribution in [3.8, 4) is 12.3 Å². The Bertz CT molecular complexity index is 477. The molecule has 1 aromatic carbocycles. The highest BCUT2D eigenvalue weighted by Crippen LogP contribution is 2.19. The lowest BCUT2D eigenvalue weighted by Gasteiger charge is -2.08. The quantitative estimate of drug-likeness (QED) is 0.795. The van der Waals surface area contributed by atoms with Crippen molar-refractivity contribution in [2.75, 3.05) is 5.32 Å². The van der Waals surface area contributed by atoms with Gasteiger partial charge in [-0.15, -0.1) is 6.42 Å². The molecule has 0 fully saturated rings. The van der Waals surface area contributed by atoms with Crippen LogP contribution in [0.3, 0.4) is 0 Å². The highest BCUT2D eigenvalue weighted by molar-refractivity contribution is 5.74. The number of benzene rings is 1. The molecule has 1 unspecified atom stereocenters. The first-order chi connectivity index (χ1) is 7.83. The minimum atomic E-state index is -0.0157. The lowest BCUT2D eigenvalue weighted by atomic mass is 10.2. The Labute approximate surface area is 94.9 Å². The summed E-state index contributed by atoms with van der Waals surface area (Å²) in [5.74, 6) is 2.68. The summed E-state index contributed by atoms with van der Waals surface area (Å²) in [5.41, 5.74) is 1.62. The lowest BCUT2D eigenvalue weighted by Crippen LogP contribution is -2.16. The molecule has 1 atom stereocenters. The van der Waals surface area contributed by atoms with E-state index in [2.05, 4.69) is 23.1 Å². The van der Waals surface area contributed by atoms with Crippen LogP contribution in [0.25, 0.3) is 11.1 Å². The van der Waals surface area contributed by atoms with E-state index in [0.717, 1.165) is 23.9 Å². The molecule has 82 valence electrons. The maximum absolute atomic E-state index is 5.53. The molecule has 0 bridgehead atoms. The molecule has 2 aromatic rings. The van der Waals surface area contributed by atoms with E-state index >= 15 is 0 Å². The summed E-state index contributed by atoms with van der Waals surface area (Å²) in [6.45, 7) is 2.10. The highest BCUT2D eigenvalue weighted by atomic mass is 16.4. The molecular formula is C13H14N2O. The summed E-state index contributed by atoms with van der Waals surface area (Å²) in [4.78, 5) is 4.31. The van der Waals surface area contributed by atoms with Crippen LogP contribution >= 0.6 is 0 Å². The number of anilines is 1. The summed E-state index contributed by atoms with van der Waals surface area (Å²) in [6, 6.07) is 8.13. The maximum Gasteiger partial charge on any atom is 0.296 e. The lowest BCUT2D eigenvalue weighted by molar-refractivity contribution is 0.601. The van der Waals surface area contributed by atoms with Crippen LogP contribution in [-0.4, -0.2) is 11.0 Å². The first-order valence-electron chi connectivity index (χ1n) is 5.41. The molecule has 1 heterocycles. The van der Waals surface area contributed by atoms with Gasteiger partial charge in [0.1, 0.15) is 5.52 Å². The zero-order valence-corrected chi connectivity index (χ0v) is 9.23. The minimum absolute atomic E-state index is 0.0157. The van der Waals surface area contributed by atoms with Crippen LogP contribution in [0.15, 0.2) is 28.7 Å². The van der Waals surface area contributed by atoms with Crippen LogP contribution in [0.5, 0.6) is 0 Å². The normalized spacial score (nSPS) is 12.2. The second-order valence-electron chi connectivity index (χ2n) is 3.64. The standard InChI is InChI=1S/C13H14N2O/c1-3-7-10(4-2)14-13-15-11-8-5-6-9-12(11)16-13/h2,5-6,8-10H,3,7H2,1H3,(H,14,15). The zero-order valence-electron chi connectivity index (χ0n) is 9.23. The van der Waals surface area contributed by atoms with Crippen LogP contribution in [0.1, 0.15) is 19.8 Å². The number of nitrogens with zero attached hydrogens (tertiary/aromatic N) is 1. The highest BCUT2D eigenvalue weighted by Gasteiger charge is 2.08. The van der Waals surface area contributed by atoms with E-state index in [0.29, 0.717) is 6.01 Å². The number of para-hydroxylation sites is 2. The summed E-state index contributed by atoms with van der Waals surface area (Å²) in [5, 5.41) is 3.11. The molecule has 0 aliphatic heterocycles. The molecule has 0 aliphatic rings. The van der Waals surface area contributed by atoms with Crippen molar-refractivity contribution in [2.45, 2.75) is 25.8 Å². The molecule has 0 amide bonds. The number of terminal acetylenes is 1. The summed E-state index contributed by atoms with van der Waals surface area (Å²) in [7, 11) is 0. The van der Waals surface area contributed by atoms with Gasteiger partial charge < -0.3 is 9.73 Å². The molecule has 16 heavy (non-hydrogen) atoms. The largest absolute Gasteiger partial charge is 0.424 e. The summed E-state index contributed by atoms with van der Waals surface area (Å²) < 4.78 is 5.53. The fourth-order valence-corrected chi connectivity index (χ4v) is 1.57. The van der Waals surface area contributed by atoms with Gasteiger partial charge in [-0.3, -0.25) is 0 Å². The molecule has 1 aromatic heterocycles. The van der Waals surface area contributed by atoms with Gasteiger partial charge in [-0.05, 0) is 18.6 Å². The zero-order chi connectivity index (χ0) is 11.4. The van der Waals surface area contributed by atoms with Gasteiger partial charge in [0.2, 0.25) is 0 Å². The van der Waals surface area contributed by atoms with Gasteiger partial charge in [0, 0.05) is 0 Å². The average molecular weight is 214 g/mol. The van der Waals surface area contributed by atoms with Crippen molar-refractivity contribution in [3.63, 3.8) is 0 Å². The Hall–Kier alpha value is -1.95. The molecule has 0 saturated heterocycles. The van der Waals surface area contributed by atoms with Crippen molar-refractivity contribution >= 4 is 17.1 Å². The number of rotatable bonds is 4. The number of hydrogen-bond acceptors (Lipinski definition) is 3. The molecule has 3 heteroatoms. The molecular weight excluding hydrogens is 200 g/mol. The number of fused-ring (bicyclic) bond motifs is 1. The van der Waals surface area contributed by atoms with Crippen LogP contribution in [0.4, 0.5) is 6.01 Å². The third kappa shape index (κ3) is 2.17. The Morgan fingerprint density at radius 1 is 1.50 bits per heavy atom. The third-order valence-corrected chi connectivity index (χ3v) is 2.37. The van der Waals surface area contributed by atoms with Gasteiger partial charge in [0.05, 0.1) is 6.04 Å². The number of nitrogens with one attached hydrogen (secondary N) is 1. The van der Waals surface area contributed by atoms with Crippen molar-refractivity contribution in [2.24, 2.45) is 0 Å². The molecule has 0 saturated carbocycles. The third-order valence-electron chi connectivity index (χ3n) is 2.37. The molecule has 0 radical (unpaired) electrons. The fourth-order valence-electron chi connectivity index (χ4n) is 1.57. The predicted octanol–water partition coefficient (Wildman–Crippen LogP) is 3.04. The summed E-state index contributed by atoms with van der Waals surface area (Å²) in [6.07, 6.45) is 7.36. The van der Waals surface area contributed by atoms with E-state index in [9.17, 15) is 0 Å². The fraction of sp³-hybridized carbons (Fsp3) is 0.308. The number of oxazole rings is 1. The first kappa shape index (κ1) is 10.6. The second-order valence-corrected chi connectivity index (χ2v) is 3.64. The number of aromatic nitrogens is 1. The van der Waals surface area contributed by atoms with Gasteiger partial charge in [-0.2, -0.15) is 4.98 Å². The van der Waals surface area contributed by atoms with Crippen molar-refractivity contribution in [3.05, 3.63) is 24.3 Å². The SMILES string of the molecule is C#CC(CCC)Nc1nc2ccccc2o1. The smallest absolute Gasteiger partial charge is 0.296 e. The van der Waals surface area contributed by atoms with Crippen molar-refractivity contribution < 1.29 is 4.42 Å². The minimum Gasteiger partial charge on any atom is -0.424 e. The summed E-state index contributed by atoms with van der Waals surface area (Å²) >= 11 is 0. The average Bonchev–Trinajstić information content (AvgIpc) is 2.70. The van der Waals surface area contributed by atoms with Gasteiger partial charge >= 0.3 is 0 Å².